The predicted octanol–water partition coefficient (Wildman–Crippen LogP) is 5.59. The molecule has 0 fully saturated rings. The summed E-state index contributed by atoms with van der Waals surface area (Å²) in [4.78, 5) is 32.7. The standard InChI is InChI=1S/C23H15FN2O3S2/c1-12-4-9-15-17(11-12)31-23(25-15)26-19(13-5-7-14(24)8-6-13)18(21(28)22(26)29)20(27)16-3-2-10-30-16/h2-11,19,28H,1H3/t19-/m0/s1. The number of aromatic nitrogens is 1. The second kappa shape index (κ2) is 7.40. The van der Waals surface area contributed by atoms with Gasteiger partial charge in [0.2, 0.25) is 5.78 Å². The zero-order valence-electron chi connectivity index (χ0n) is 16.2. The molecule has 1 aliphatic rings. The Morgan fingerprint density at radius 2 is 1.94 bits per heavy atom. The van der Waals surface area contributed by atoms with E-state index in [0.29, 0.717) is 21.1 Å². The number of thiophene rings is 1. The van der Waals surface area contributed by atoms with Crippen molar-refractivity contribution in [1.82, 2.24) is 4.98 Å². The smallest absolute Gasteiger partial charge is 0.296 e. The number of anilines is 1. The highest BCUT2D eigenvalue weighted by Gasteiger charge is 2.46. The monoisotopic (exact) mass is 450 g/mol. The summed E-state index contributed by atoms with van der Waals surface area (Å²) in [6.07, 6.45) is 0. The lowest BCUT2D eigenvalue weighted by molar-refractivity contribution is -0.117. The van der Waals surface area contributed by atoms with E-state index in [0.717, 1.165) is 10.3 Å². The SMILES string of the molecule is Cc1ccc2nc(N3C(=O)C(O)=C(C(=O)c4cccs4)[C@@H]3c3ccc(F)cc3)sc2c1. The Hall–Kier alpha value is -3.36. The van der Waals surface area contributed by atoms with E-state index in [9.17, 15) is 19.1 Å². The zero-order chi connectivity index (χ0) is 21.7. The third-order valence-electron chi connectivity index (χ3n) is 5.12. The van der Waals surface area contributed by atoms with Gasteiger partial charge in [0.25, 0.3) is 5.91 Å². The van der Waals surface area contributed by atoms with Gasteiger partial charge in [0, 0.05) is 0 Å². The van der Waals surface area contributed by atoms with Gasteiger partial charge in [-0.2, -0.15) is 0 Å². The van der Waals surface area contributed by atoms with Crippen LogP contribution in [0.25, 0.3) is 10.2 Å². The molecule has 154 valence electrons. The number of nitrogens with zero attached hydrogens (tertiary/aromatic N) is 2. The average Bonchev–Trinajstić information content (AvgIpc) is 3.47. The van der Waals surface area contributed by atoms with Gasteiger partial charge in [-0.3, -0.25) is 14.5 Å². The number of benzene rings is 2. The van der Waals surface area contributed by atoms with Crippen LogP contribution in [0, 0.1) is 12.7 Å². The maximum absolute atomic E-state index is 13.6. The fourth-order valence-corrected chi connectivity index (χ4v) is 5.43. The number of halogens is 1. The van der Waals surface area contributed by atoms with Crippen LogP contribution in [0.1, 0.15) is 26.8 Å². The first-order valence-corrected chi connectivity index (χ1v) is 11.1. The quantitative estimate of drug-likeness (QED) is 0.412. The molecule has 0 unspecified atom stereocenters. The van der Waals surface area contributed by atoms with E-state index in [1.165, 1.54) is 51.8 Å². The number of aliphatic hydroxyl groups excluding tert-OH is 1. The number of carbonyl (C=O) groups is 2. The summed E-state index contributed by atoms with van der Waals surface area (Å²) in [6.45, 7) is 1.96. The van der Waals surface area contributed by atoms with Crippen molar-refractivity contribution in [3.8, 4) is 0 Å². The summed E-state index contributed by atoms with van der Waals surface area (Å²) >= 11 is 2.53. The van der Waals surface area contributed by atoms with Crippen molar-refractivity contribution in [1.29, 1.82) is 0 Å². The third kappa shape index (κ3) is 3.24. The molecule has 0 aliphatic carbocycles. The van der Waals surface area contributed by atoms with Crippen LogP contribution >= 0.6 is 22.7 Å². The molecule has 2 aromatic carbocycles. The van der Waals surface area contributed by atoms with Crippen molar-refractivity contribution >= 4 is 49.7 Å². The Kier molecular flexibility index (Phi) is 4.68. The van der Waals surface area contributed by atoms with Gasteiger partial charge < -0.3 is 5.11 Å². The number of thiazole rings is 1. The van der Waals surface area contributed by atoms with Crippen LogP contribution in [0.5, 0.6) is 0 Å². The van der Waals surface area contributed by atoms with E-state index in [1.54, 1.807) is 17.5 Å². The van der Waals surface area contributed by atoms with Crippen LogP contribution in [0.2, 0.25) is 0 Å². The molecule has 0 saturated heterocycles. The summed E-state index contributed by atoms with van der Waals surface area (Å²) in [6, 6.07) is 13.8. The largest absolute Gasteiger partial charge is 0.503 e. The van der Waals surface area contributed by atoms with Crippen molar-refractivity contribution < 1.29 is 19.1 Å². The normalized spacial score (nSPS) is 16.5. The molecule has 0 radical (unpaired) electrons. The zero-order valence-corrected chi connectivity index (χ0v) is 17.8. The Balaban J connectivity index is 1.68. The van der Waals surface area contributed by atoms with Crippen LogP contribution in [-0.2, 0) is 4.79 Å². The first kappa shape index (κ1) is 19.6. The number of aliphatic hydroxyl groups is 1. The molecule has 1 aliphatic heterocycles. The number of hydrogen-bond donors (Lipinski definition) is 1. The maximum atomic E-state index is 13.6. The molecule has 0 spiro atoms. The second-order valence-corrected chi connectivity index (χ2v) is 9.12. The van der Waals surface area contributed by atoms with Gasteiger partial charge in [0.15, 0.2) is 10.9 Å². The number of ketones is 1. The minimum Gasteiger partial charge on any atom is -0.503 e. The van der Waals surface area contributed by atoms with Crippen LogP contribution in [0.4, 0.5) is 9.52 Å². The summed E-state index contributed by atoms with van der Waals surface area (Å²) in [7, 11) is 0. The molecule has 2 aromatic heterocycles. The highest BCUT2D eigenvalue weighted by molar-refractivity contribution is 7.22. The number of fused-ring (bicyclic) bond motifs is 1. The predicted molar refractivity (Wildman–Crippen MR) is 119 cm³/mol. The van der Waals surface area contributed by atoms with E-state index >= 15 is 0 Å². The lowest BCUT2D eigenvalue weighted by atomic mass is 9.95. The Morgan fingerprint density at radius 3 is 2.65 bits per heavy atom. The molecule has 1 atom stereocenters. The number of rotatable bonds is 4. The fourth-order valence-electron chi connectivity index (χ4n) is 3.66. The van der Waals surface area contributed by atoms with Crippen LogP contribution in [-0.4, -0.2) is 21.8 Å². The van der Waals surface area contributed by atoms with Crippen molar-refractivity contribution in [2.24, 2.45) is 0 Å². The van der Waals surface area contributed by atoms with E-state index < -0.39 is 29.3 Å². The summed E-state index contributed by atoms with van der Waals surface area (Å²) in [5, 5.41) is 12.9. The second-order valence-electron chi connectivity index (χ2n) is 7.17. The molecule has 0 bridgehead atoms. The molecule has 31 heavy (non-hydrogen) atoms. The molecule has 1 N–H and O–H groups in total. The van der Waals surface area contributed by atoms with Gasteiger partial charge in [-0.25, -0.2) is 9.37 Å². The van der Waals surface area contributed by atoms with Gasteiger partial charge in [0.1, 0.15) is 5.82 Å². The van der Waals surface area contributed by atoms with Gasteiger partial charge in [-0.1, -0.05) is 35.6 Å². The minimum atomic E-state index is -0.913. The summed E-state index contributed by atoms with van der Waals surface area (Å²) in [5.41, 5.74) is 2.25. The molecule has 5 nitrogen and oxygen atoms in total. The molecular formula is C23H15FN2O3S2. The maximum Gasteiger partial charge on any atom is 0.296 e. The lowest BCUT2D eigenvalue weighted by Crippen LogP contribution is -2.30. The van der Waals surface area contributed by atoms with Gasteiger partial charge >= 0.3 is 0 Å². The van der Waals surface area contributed by atoms with E-state index in [4.69, 9.17) is 0 Å². The van der Waals surface area contributed by atoms with Crippen molar-refractivity contribution in [3.05, 3.63) is 93.1 Å². The molecule has 5 rings (SSSR count). The fraction of sp³-hybridized carbons (Fsp3) is 0.0870. The topological polar surface area (TPSA) is 70.5 Å². The number of amides is 1. The summed E-state index contributed by atoms with van der Waals surface area (Å²) < 4.78 is 14.5. The first-order valence-electron chi connectivity index (χ1n) is 9.41. The van der Waals surface area contributed by atoms with Gasteiger partial charge in [0.05, 0.1) is 26.7 Å². The number of hydrogen-bond acceptors (Lipinski definition) is 6. The van der Waals surface area contributed by atoms with E-state index in [2.05, 4.69) is 4.98 Å². The van der Waals surface area contributed by atoms with Crippen LogP contribution in [0.15, 0.2) is 71.3 Å². The molecule has 4 aromatic rings. The Bertz CT molecular complexity index is 1360. The Labute approximate surface area is 184 Å². The van der Waals surface area contributed by atoms with Crippen molar-refractivity contribution in [2.75, 3.05) is 4.90 Å². The van der Waals surface area contributed by atoms with Gasteiger partial charge in [-0.05, 0) is 53.8 Å². The first-order chi connectivity index (χ1) is 14.9. The lowest BCUT2D eigenvalue weighted by Gasteiger charge is -2.24. The molecule has 3 heterocycles. The molecule has 1 amide bonds. The third-order valence-corrected chi connectivity index (χ3v) is 7.01. The number of Topliss-reactive ketones (excluding diaryl/α,β-unsaturated/α-hetero) is 1. The highest BCUT2D eigenvalue weighted by atomic mass is 32.1. The van der Waals surface area contributed by atoms with Crippen LogP contribution < -0.4 is 4.90 Å². The minimum absolute atomic E-state index is 0.0329. The van der Waals surface area contributed by atoms with Crippen molar-refractivity contribution in [2.45, 2.75) is 13.0 Å². The molecular weight excluding hydrogens is 435 g/mol. The Morgan fingerprint density at radius 1 is 1.16 bits per heavy atom. The summed E-state index contributed by atoms with van der Waals surface area (Å²) in [5.74, 6) is -2.18. The van der Waals surface area contributed by atoms with E-state index in [1.807, 2.05) is 25.1 Å². The molecule has 0 saturated carbocycles. The number of carbonyl (C=O) groups excluding carboxylic acids is 2. The van der Waals surface area contributed by atoms with Crippen LogP contribution in [0.3, 0.4) is 0 Å². The van der Waals surface area contributed by atoms with Gasteiger partial charge in [-0.15, -0.1) is 11.3 Å². The average molecular weight is 451 g/mol. The molecule has 8 heteroatoms. The van der Waals surface area contributed by atoms with Crippen molar-refractivity contribution in [3.63, 3.8) is 0 Å². The van der Waals surface area contributed by atoms with E-state index in [-0.39, 0.29) is 5.57 Å². The number of aryl methyl sites for hydroxylation is 1. The highest BCUT2D eigenvalue weighted by Crippen LogP contribution is 2.44.